The molecule has 3 aliphatic heterocycles. The third kappa shape index (κ3) is 2.84. The largest absolute Gasteiger partial charge is 0.368 e. The van der Waals surface area contributed by atoms with E-state index in [2.05, 4.69) is 23.6 Å². The lowest BCUT2D eigenvalue weighted by Crippen LogP contribution is -2.68. The summed E-state index contributed by atoms with van der Waals surface area (Å²) in [6.45, 7) is 10.1. The zero-order valence-corrected chi connectivity index (χ0v) is 15.6. The highest BCUT2D eigenvalue weighted by molar-refractivity contribution is 5.09. The second kappa shape index (κ2) is 6.86. The van der Waals surface area contributed by atoms with Crippen molar-refractivity contribution < 1.29 is 9.84 Å². The average Bonchev–Trinajstić information content (AvgIpc) is 2.59. The summed E-state index contributed by atoms with van der Waals surface area (Å²) in [5.41, 5.74) is 0.313. The van der Waals surface area contributed by atoms with Crippen molar-refractivity contribution in [3.63, 3.8) is 0 Å². The topological polar surface area (TPSA) is 35.9 Å². The van der Waals surface area contributed by atoms with Gasteiger partial charge >= 0.3 is 0 Å². The summed E-state index contributed by atoms with van der Waals surface area (Å²) in [6, 6.07) is 0.726. The summed E-state index contributed by atoms with van der Waals surface area (Å²) in [7, 11) is 0. The smallest absolute Gasteiger partial charge is 0.159 e. The summed E-state index contributed by atoms with van der Waals surface area (Å²) in [5, 5.41) is 10.7. The van der Waals surface area contributed by atoms with Gasteiger partial charge in [0.05, 0.1) is 6.10 Å². The predicted octanol–water partition coefficient (Wildman–Crippen LogP) is 2.71. The Hall–Kier alpha value is -0.160. The molecule has 1 saturated carbocycles. The van der Waals surface area contributed by atoms with E-state index in [0.717, 1.165) is 32.1 Å². The first kappa shape index (κ1) is 17.3. The van der Waals surface area contributed by atoms with Crippen LogP contribution in [0.15, 0.2) is 0 Å². The van der Waals surface area contributed by atoms with Crippen molar-refractivity contribution >= 4 is 0 Å². The molecule has 4 heteroatoms. The minimum absolute atomic E-state index is 0.279. The van der Waals surface area contributed by atoms with Crippen LogP contribution in [-0.4, -0.2) is 66.1 Å². The number of aliphatic hydroxyl groups excluding tert-OH is 1. The Balaban J connectivity index is 1.55. The molecule has 3 heterocycles. The molecule has 2 bridgehead atoms. The van der Waals surface area contributed by atoms with Gasteiger partial charge in [0.1, 0.15) is 0 Å². The van der Waals surface area contributed by atoms with Gasteiger partial charge in [-0.2, -0.15) is 0 Å². The van der Waals surface area contributed by atoms with Gasteiger partial charge in [0, 0.05) is 36.4 Å². The van der Waals surface area contributed by atoms with Crippen molar-refractivity contribution in [2.75, 3.05) is 32.7 Å². The molecular formula is C20H36N2O2. The molecule has 4 aliphatic rings. The molecule has 0 amide bonds. The van der Waals surface area contributed by atoms with Gasteiger partial charge in [-0.25, -0.2) is 0 Å². The van der Waals surface area contributed by atoms with Gasteiger partial charge < -0.3 is 14.7 Å². The van der Waals surface area contributed by atoms with Crippen LogP contribution in [0.4, 0.5) is 0 Å². The molecule has 24 heavy (non-hydrogen) atoms. The van der Waals surface area contributed by atoms with Gasteiger partial charge in [-0.15, -0.1) is 0 Å². The minimum Gasteiger partial charge on any atom is -0.368 e. The molecule has 0 spiro atoms. The number of aliphatic hydroxyl groups is 1. The number of rotatable bonds is 4. The van der Waals surface area contributed by atoms with Gasteiger partial charge in [-0.05, 0) is 51.7 Å². The van der Waals surface area contributed by atoms with E-state index in [0.29, 0.717) is 17.4 Å². The Kier molecular flexibility index (Phi) is 4.94. The van der Waals surface area contributed by atoms with E-state index in [1.54, 1.807) is 0 Å². The highest BCUT2D eigenvalue weighted by atomic mass is 16.6. The summed E-state index contributed by atoms with van der Waals surface area (Å²) >= 11 is 0. The van der Waals surface area contributed by atoms with Crippen LogP contribution in [0.5, 0.6) is 0 Å². The number of ether oxygens (including phenoxy) is 1. The van der Waals surface area contributed by atoms with Crippen LogP contribution in [0.1, 0.15) is 58.8 Å². The van der Waals surface area contributed by atoms with Gasteiger partial charge in [0.25, 0.3) is 0 Å². The van der Waals surface area contributed by atoms with Crippen LogP contribution in [0.3, 0.4) is 0 Å². The van der Waals surface area contributed by atoms with E-state index < -0.39 is 6.29 Å². The highest BCUT2D eigenvalue weighted by Gasteiger charge is 2.59. The fraction of sp³-hybridized carbons (Fsp3) is 1.00. The number of hydrogen-bond acceptors (Lipinski definition) is 4. The van der Waals surface area contributed by atoms with Crippen LogP contribution >= 0.6 is 0 Å². The molecular weight excluding hydrogens is 300 g/mol. The van der Waals surface area contributed by atoms with Gasteiger partial charge in [-0.1, -0.05) is 26.7 Å². The van der Waals surface area contributed by atoms with Crippen molar-refractivity contribution in [3.05, 3.63) is 0 Å². The lowest BCUT2D eigenvalue weighted by atomic mass is 9.56. The first-order chi connectivity index (χ1) is 11.7. The van der Waals surface area contributed by atoms with Crippen LogP contribution in [0, 0.1) is 17.3 Å². The molecule has 0 aromatic rings. The molecule has 1 N–H and O–H groups in total. The van der Waals surface area contributed by atoms with Crippen LogP contribution in [0.25, 0.3) is 0 Å². The van der Waals surface area contributed by atoms with Gasteiger partial charge in [0.15, 0.2) is 6.29 Å². The van der Waals surface area contributed by atoms with Gasteiger partial charge in [-0.3, -0.25) is 4.90 Å². The lowest BCUT2D eigenvalue weighted by molar-refractivity contribution is -0.291. The fourth-order valence-electron chi connectivity index (χ4n) is 6.48. The van der Waals surface area contributed by atoms with Crippen LogP contribution < -0.4 is 0 Å². The number of fused-ring (bicyclic) bond motifs is 2. The Morgan fingerprint density at radius 2 is 2.00 bits per heavy atom. The Labute approximate surface area is 147 Å². The molecule has 0 aromatic carbocycles. The highest BCUT2D eigenvalue weighted by Crippen LogP contribution is 2.55. The third-order valence-corrected chi connectivity index (χ3v) is 7.63. The zero-order valence-electron chi connectivity index (χ0n) is 15.6. The van der Waals surface area contributed by atoms with Crippen molar-refractivity contribution in [3.8, 4) is 0 Å². The number of hydrogen-bond donors (Lipinski definition) is 1. The van der Waals surface area contributed by atoms with E-state index >= 15 is 0 Å². The molecule has 1 aliphatic carbocycles. The van der Waals surface area contributed by atoms with Crippen LogP contribution in [-0.2, 0) is 4.74 Å². The molecule has 4 fully saturated rings. The van der Waals surface area contributed by atoms with Crippen molar-refractivity contribution in [1.29, 1.82) is 0 Å². The first-order valence-corrected chi connectivity index (χ1v) is 10.5. The van der Waals surface area contributed by atoms with E-state index in [4.69, 9.17) is 4.74 Å². The second-order valence-corrected chi connectivity index (χ2v) is 8.85. The molecule has 138 valence electrons. The molecule has 0 radical (unpaired) electrons. The maximum Gasteiger partial charge on any atom is 0.159 e. The zero-order chi connectivity index (χ0) is 16.7. The Morgan fingerprint density at radius 3 is 2.79 bits per heavy atom. The SMILES string of the molecule is CCN(CC)CC1CC23CCCC(C4CCCCN4C2)C3OC1O. The van der Waals surface area contributed by atoms with Crippen molar-refractivity contribution in [2.24, 2.45) is 17.3 Å². The summed E-state index contributed by atoms with van der Waals surface area (Å²) in [4.78, 5) is 5.25. The van der Waals surface area contributed by atoms with Crippen LogP contribution in [0.2, 0.25) is 0 Å². The monoisotopic (exact) mass is 336 g/mol. The second-order valence-electron chi connectivity index (χ2n) is 8.85. The molecule has 6 atom stereocenters. The Morgan fingerprint density at radius 1 is 1.17 bits per heavy atom. The van der Waals surface area contributed by atoms with Gasteiger partial charge in [0.2, 0.25) is 0 Å². The molecule has 6 unspecified atom stereocenters. The lowest BCUT2D eigenvalue weighted by Gasteiger charge is -2.63. The normalized spacial score (nSPS) is 45.8. The molecule has 3 saturated heterocycles. The maximum absolute atomic E-state index is 10.7. The summed E-state index contributed by atoms with van der Waals surface area (Å²) in [6.07, 6.45) is 8.99. The predicted molar refractivity (Wildman–Crippen MR) is 95.8 cm³/mol. The Bertz CT molecular complexity index is 441. The fourth-order valence-corrected chi connectivity index (χ4v) is 6.48. The van der Waals surface area contributed by atoms with Crippen molar-refractivity contribution in [1.82, 2.24) is 9.80 Å². The molecule has 4 nitrogen and oxygen atoms in total. The standard InChI is InChI=1S/C20H36N2O2/c1-3-21(4-2)13-15-12-20-10-7-8-16(18(20)24-19(15)23)17-9-5-6-11-22(17)14-20/h15-19,23H,3-14H2,1-2H3. The first-order valence-electron chi connectivity index (χ1n) is 10.5. The van der Waals surface area contributed by atoms with E-state index in [1.807, 2.05) is 0 Å². The van der Waals surface area contributed by atoms with E-state index in [-0.39, 0.29) is 5.92 Å². The average molecular weight is 337 g/mol. The summed E-state index contributed by atoms with van der Waals surface area (Å²) < 4.78 is 6.40. The molecule has 0 aromatic heterocycles. The third-order valence-electron chi connectivity index (χ3n) is 7.63. The minimum atomic E-state index is -0.556. The summed E-state index contributed by atoms with van der Waals surface area (Å²) in [5.74, 6) is 0.943. The maximum atomic E-state index is 10.7. The molecule has 4 rings (SSSR count). The quantitative estimate of drug-likeness (QED) is 0.856. The number of piperidine rings is 2. The van der Waals surface area contributed by atoms with Crippen molar-refractivity contribution in [2.45, 2.75) is 77.2 Å². The van der Waals surface area contributed by atoms with E-state index in [1.165, 1.54) is 51.6 Å². The number of nitrogens with zero attached hydrogens (tertiary/aromatic N) is 2. The van der Waals surface area contributed by atoms with E-state index in [9.17, 15) is 5.11 Å².